The van der Waals surface area contributed by atoms with Crippen molar-refractivity contribution in [3.8, 4) is 5.75 Å². The first-order valence-electron chi connectivity index (χ1n) is 8.20. The molecule has 1 fully saturated rings. The van der Waals surface area contributed by atoms with Crippen LogP contribution < -0.4 is 15.0 Å². The van der Waals surface area contributed by atoms with Crippen LogP contribution in [0.15, 0.2) is 48.8 Å². The molecule has 0 saturated carbocycles. The van der Waals surface area contributed by atoms with Gasteiger partial charge >= 0.3 is 0 Å². The van der Waals surface area contributed by atoms with Crippen LogP contribution in [0.5, 0.6) is 5.75 Å². The van der Waals surface area contributed by atoms with Crippen molar-refractivity contribution in [1.29, 1.82) is 0 Å². The van der Waals surface area contributed by atoms with Crippen molar-refractivity contribution in [2.24, 2.45) is 0 Å². The molecular formula is C18H22N4OS. The van der Waals surface area contributed by atoms with Crippen LogP contribution in [0, 0.1) is 0 Å². The molecule has 2 heterocycles. The quantitative estimate of drug-likeness (QED) is 0.862. The lowest BCUT2D eigenvalue weighted by molar-refractivity contribution is 0.336. The highest BCUT2D eigenvalue weighted by molar-refractivity contribution is 7.80. The van der Waals surface area contributed by atoms with Crippen molar-refractivity contribution in [2.45, 2.75) is 6.92 Å². The molecular weight excluding hydrogens is 320 g/mol. The lowest BCUT2D eigenvalue weighted by atomic mass is 10.2. The van der Waals surface area contributed by atoms with Crippen molar-refractivity contribution < 1.29 is 4.74 Å². The molecule has 0 bridgehead atoms. The summed E-state index contributed by atoms with van der Waals surface area (Å²) in [4.78, 5) is 8.65. The summed E-state index contributed by atoms with van der Waals surface area (Å²) in [5.41, 5.74) is 2.08. The van der Waals surface area contributed by atoms with Crippen LogP contribution in [-0.2, 0) is 0 Å². The molecule has 0 amide bonds. The second kappa shape index (κ2) is 7.97. The van der Waals surface area contributed by atoms with E-state index in [2.05, 4.69) is 32.2 Å². The number of hydrogen-bond acceptors (Lipinski definition) is 4. The second-order valence-electron chi connectivity index (χ2n) is 5.55. The molecule has 24 heavy (non-hydrogen) atoms. The molecule has 0 radical (unpaired) electrons. The lowest BCUT2D eigenvalue weighted by Gasteiger charge is -2.37. The Kier molecular flexibility index (Phi) is 5.48. The highest BCUT2D eigenvalue weighted by Crippen LogP contribution is 2.28. The molecule has 0 aliphatic carbocycles. The van der Waals surface area contributed by atoms with Crippen LogP contribution in [0.1, 0.15) is 6.92 Å². The maximum atomic E-state index is 5.74. The zero-order valence-electron chi connectivity index (χ0n) is 13.8. The third-order valence-electron chi connectivity index (χ3n) is 3.99. The summed E-state index contributed by atoms with van der Waals surface area (Å²) in [6.45, 7) is 6.28. The molecule has 1 saturated heterocycles. The van der Waals surface area contributed by atoms with Gasteiger partial charge in [-0.05, 0) is 43.4 Å². The Morgan fingerprint density at radius 1 is 1.17 bits per heavy atom. The SMILES string of the molecule is CCOc1ccccc1N1CCN(C(=S)Nc2cccnc2)CC1. The van der Waals surface area contributed by atoms with E-state index in [1.165, 1.54) is 0 Å². The van der Waals surface area contributed by atoms with Gasteiger partial charge in [0.05, 0.1) is 24.2 Å². The molecule has 0 unspecified atom stereocenters. The fraction of sp³-hybridized carbons (Fsp3) is 0.333. The number of thiocarbonyl (C=S) groups is 1. The molecule has 126 valence electrons. The number of pyridine rings is 1. The van der Waals surface area contributed by atoms with Gasteiger partial charge in [0.15, 0.2) is 5.11 Å². The van der Waals surface area contributed by atoms with E-state index in [9.17, 15) is 0 Å². The van der Waals surface area contributed by atoms with E-state index >= 15 is 0 Å². The van der Waals surface area contributed by atoms with E-state index in [1.54, 1.807) is 12.4 Å². The molecule has 1 N–H and O–H groups in total. The summed E-state index contributed by atoms with van der Waals surface area (Å²) >= 11 is 5.52. The third kappa shape index (κ3) is 3.94. The highest BCUT2D eigenvalue weighted by atomic mass is 32.1. The second-order valence-corrected chi connectivity index (χ2v) is 5.93. The Hall–Kier alpha value is -2.34. The van der Waals surface area contributed by atoms with Gasteiger partial charge in [0, 0.05) is 32.4 Å². The number of nitrogens with one attached hydrogen (secondary N) is 1. The van der Waals surface area contributed by atoms with Gasteiger partial charge in [-0.3, -0.25) is 4.98 Å². The standard InChI is InChI=1S/C18H22N4OS/c1-2-23-17-8-4-3-7-16(17)21-10-12-22(13-11-21)18(24)20-15-6-5-9-19-14-15/h3-9,14H,2,10-13H2,1H3,(H,20,24). The van der Waals surface area contributed by atoms with E-state index in [4.69, 9.17) is 17.0 Å². The Balaban J connectivity index is 1.59. The molecule has 5 nitrogen and oxygen atoms in total. The predicted octanol–water partition coefficient (Wildman–Crippen LogP) is 3.00. The van der Waals surface area contributed by atoms with Crippen molar-refractivity contribution in [3.05, 3.63) is 48.8 Å². The van der Waals surface area contributed by atoms with Gasteiger partial charge in [0.1, 0.15) is 5.75 Å². The summed E-state index contributed by atoms with van der Waals surface area (Å²) in [5.74, 6) is 0.949. The van der Waals surface area contributed by atoms with Crippen LogP contribution in [-0.4, -0.2) is 47.8 Å². The van der Waals surface area contributed by atoms with Gasteiger partial charge in [-0.2, -0.15) is 0 Å². The lowest BCUT2D eigenvalue weighted by Crippen LogP contribution is -2.50. The summed E-state index contributed by atoms with van der Waals surface area (Å²) in [6.07, 6.45) is 3.53. The summed E-state index contributed by atoms with van der Waals surface area (Å²) in [7, 11) is 0. The number of para-hydroxylation sites is 2. The average molecular weight is 342 g/mol. The maximum absolute atomic E-state index is 5.74. The molecule has 1 aliphatic rings. The minimum Gasteiger partial charge on any atom is -0.492 e. The van der Waals surface area contributed by atoms with E-state index in [0.717, 1.165) is 48.4 Å². The number of piperazine rings is 1. The van der Waals surface area contributed by atoms with Gasteiger partial charge in [-0.15, -0.1) is 0 Å². The van der Waals surface area contributed by atoms with E-state index in [-0.39, 0.29) is 0 Å². The van der Waals surface area contributed by atoms with Gasteiger partial charge in [0.25, 0.3) is 0 Å². The summed E-state index contributed by atoms with van der Waals surface area (Å²) < 4.78 is 5.74. The molecule has 2 aromatic rings. The van der Waals surface area contributed by atoms with Crippen LogP contribution in [0.2, 0.25) is 0 Å². The predicted molar refractivity (Wildman–Crippen MR) is 102 cm³/mol. The normalized spacial score (nSPS) is 14.4. The molecule has 6 heteroatoms. The van der Waals surface area contributed by atoms with Crippen LogP contribution in [0.25, 0.3) is 0 Å². The van der Waals surface area contributed by atoms with Crippen molar-refractivity contribution in [2.75, 3.05) is 43.0 Å². The average Bonchev–Trinajstić information content (AvgIpc) is 2.63. The zero-order valence-corrected chi connectivity index (χ0v) is 14.6. The number of anilines is 2. The fourth-order valence-electron chi connectivity index (χ4n) is 2.79. The molecule has 1 aliphatic heterocycles. The topological polar surface area (TPSA) is 40.6 Å². The monoisotopic (exact) mass is 342 g/mol. The number of aromatic nitrogens is 1. The van der Waals surface area contributed by atoms with E-state index in [1.807, 2.05) is 31.2 Å². The summed E-state index contributed by atoms with van der Waals surface area (Å²) in [6, 6.07) is 12.1. The smallest absolute Gasteiger partial charge is 0.173 e. The number of benzene rings is 1. The molecule has 1 aromatic heterocycles. The first-order chi connectivity index (χ1) is 11.8. The minimum absolute atomic E-state index is 0.677. The maximum Gasteiger partial charge on any atom is 0.173 e. The van der Waals surface area contributed by atoms with Crippen molar-refractivity contribution in [1.82, 2.24) is 9.88 Å². The first kappa shape index (κ1) is 16.5. The molecule has 0 atom stereocenters. The minimum atomic E-state index is 0.677. The number of hydrogen-bond donors (Lipinski definition) is 1. The van der Waals surface area contributed by atoms with Crippen molar-refractivity contribution in [3.63, 3.8) is 0 Å². The van der Waals surface area contributed by atoms with Gasteiger partial charge in [0.2, 0.25) is 0 Å². The third-order valence-corrected chi connectivity index (χ3v) is 4.35. The number of ether oxygens (including phenoxy) is 1. The van der Waals surface area contributed by atoms with Gasteiger partial charge in [-0.25, -0.2) is 0 Å². The molecule has 0 spiro atoms. The van der Waals surface area contributed by atoms with Crippen molar-refractivity contribution >= 4 is 28.7 Å². The van der Waals surface area contributed by atoms with Crippen LogP contribution in [0.4, 0.5) is 11.4 Å². The van der Waals surface area contributed by atoms with E-state index in [0.29, 0.717) is 6.61 Å². The Morgan fingerprint density at radius 2 is 1.96 bits per heavy atom. The largest absolute Gasteiger partial charge is 0.492 e. The Bertz CT molecular complexity index is 672. The van der Waals surface area contributed by atoms with Crippen LogP contribution in [0.3, 0.4) is 0 Å². The first-order valence-corrected chi connectivity index (χ1v) is 8.61. The Morgan fingerprint density at radius 3 is 2.67 bits per heavy atom. The van der Waals surface area contributed by atoms with E-state index < -0.39 is 0 Å². The van der Waals surface area contributed by atoms with Gasteiger partial charge in [-0.1, -0.05) is 12.1 Å². The molecule has 3 rings (SSSR count). The van der Waals surface area contributed by atoms with Gasteiger partial charge < -0.3 is 19.9 Å². The Labute approximate surface area is 148 Å². The number of nitrogens with zero attached hydrogens (tertiary/aromatic N) is 3. The highest BCUT2D eigenvalue weighted by Gasteiger charge is 2.21. The number of rotatable bonds is 4. The fourth-order valence-corrected chi connectivity index (χ4v) is 3.09. The summed E-state index contributed by atoms with van der Waals surface area (Å²) in [5, 5.41) is 4.00. The van der Waals surface area contributed by atoms with Crippen LogP contribution >= 0.6 is 12.2 Å². The zero-order chi connectivity index (χ0) is 16.8. The molecule has 1 aromatic carbocycles.